The van der Waals surface area contributed by atoms with Crippen LogP contribution in [-0.4, -0.2) is 59.6 Å². The maximum Gasteiger partial charge on any atom is 0.171 e. The summed E-state index contributed by atoms with van der Waals surface area (Å²) < 4.78 is 0. The quantitative estimate of drug-likeness (QED) is 0.809. The van der Waals surface area contributed by atoms with Crippen molar-refractivity contribution in [3.63, 3.8) is 0 Å². The van der Waals surface area contributed by atoms with Crippen LogP contribution in [0, 0.1) is 0 Å². The second-order valence-electron chi connectivity index (χ2n) is 5.27. The summed E-state index contributed by atoms with van der Waals surface area (Å²) in [7, 11) is 2.18. The van der Waals surface area contributed by atoms with E-state index in [4.69, 9.17) is 4.99 Å². The van der Waals surface area contributed by atoms with Crippen molar-refractivity contribution in [2.45, 2.75) is 32.2 Å². The number of hydrazine groups is 1. The van der Waals surface area contributed by atoms with Gasteiger partial charge in [0.15, 0.2) is 5.17 Å². The van der Waals surface area contributed by atoms with Crippen LogP contribution in [0.3, 0.4) is 0 Å². The highest BCUT2D eigenvalue weighted by atomic mass is 32.2. The molecule has 1 saturated heterocycles. The van der Waals surface area contributed by atoms with Gasteiger partial charge in [0.2, 0.25) is 0 Å². The standard InChI is InChI=1S/C12H24N4S/c1-4-12(2)5-10-17-11(13-12)14-16-8-6-15(3)7-9-16/h4-10H2,1-3H3,(H,13,14). The summed E-state index contributed by atoms with van der Waals surface area (Å²) in [5.41, 5.74) is 3.64. The number of hydrogen-bond acceptors (Lipinski definition) is 5. The van der Waals surface area contributed by atoms with E-state index in [0.29, 0.717) is 0 Å². The molecule has 1 fully saturated rings. The second-order valence-corrected chi connectivity index (χ2v) is 6.35. The lowest BCUT2D eigenvalue weighted by Gasteiger charge is -2.35. The fourth-order valence-corrected chi connectivity index (χ4v) is 3.28. The monoisotopic (exact) mass is 256 g/mol. The minimum absolute atomic E-state index is 0.153. The normalized spacial score (nSPS) is 32.3. The molecular formula is C12H24N4S. The molecule has 0 aromatic carbocycles. The first kappa shape index (κ1) is 13.2. The Morgan fingerprint density at radius 2 is 2.06 bits per heavy atom. The molecule has 17 heavy (non-hydrogen) atoms. The number of thioether (sulfide) groups is 1. The molecular weight excluding hydrogens is 232 g/mol. The third-order valence-corrected chi connectivity index (χ3v) is 4.63. The zero-order valence-electron chi connectivity index (χ0n) is 11.2. The van der Waals surface area contributed by atoms with Crippen molar-refractivity contribution in [2.75, 3.05) is 39.0 Å². The number of nitrogens with one attached hydrogen (secondary N) is 1. The van der Waals surface area contributed by atoms with Gasteiger partial charge in [-0.05, 0) is 26.8 Å². The Balaban J connectivity index is 1.90. The van der Waals surface area contributed by atoms with Crippen molar-refractivity contribution in [2.24, 2.45) is 4.99 Å². The minimum atomic E-state index is 0.153. The number of piperazine rings is 1. The first-order valence-electron chi connectivity index (χ1n) is 6.54. The Hall–Kier alpha value is -0.260. The van der Waals surface area contributed by atoms with E-state index < -0.39 is 0 Å². The van der Waals surface area contributed by atoms with Gasteiger partial charge in [0, 0.05) is 31.9 Å². The molecule has 4 nitrogen and oxygen atoms in total. The Morgan fingerprint density at radius 3 is 2.71 bits per heavy atom. The molecule has 0 saturated carbocycles. The van der Waals surface area contributed by atoms with E-state index in [1.807, 2.05) is 11.8 Å². The van der Waals surface area contributed by atoms with Crippen LogP contribution in [0.4, 0.5) is 0 Å². The highest BCUT2D eigenvalue weighted by Gasteiger charge is 2.27. The average molecular weight is 256 g/mol. The SMILES string of the molecule is CCC1(C)CCSC(NN2CCN(C)CC2)=N1. The summed E-state index contributed by atoms with van der Waals surface area (Å²) in [5, 5.41) is 3.41. The van der Waals surface area contributed by atoms with Gasteiger partial charge in [-0.1, -0.05) is 18.7 Å². The van der Waals surface area contributed by atoms with E-state index in [9.17, 15) is 0 Å². The van der Waals surface area contributed by atoms with Crippen molar-refractivity contribution in [1.29, 1.82) is 0 Å². The van der Waals surface area contributed by atoms with E-state index in [-0.39, 0.29) is 5.54 Å². The van der Waals surface area contributed by atoms with Gasteiger partial charge in [0.1, 0.15) is 0 Å². The maximum absolute atomic E-state index is 4.86. The fraction of sp³-hybridized carbons (Fsp3) is 0.917. The van der Waals surface area contributed by atoms with Crippen LogP contribution in [0.15, 0.2) is 4.99 Å². The van der Waals surface area contributed by atoms with Crippen LogP contribution in [0.1, 0.15) is 26.7 Å². The van der Waals surface area contributed by atoms with Gasteiger partial charge in [0.25, 0.3) is 0 Å². The number of likely N-dealkylation sites (N-methyl/N-ethyl adjacent to an activating group) is 1. The largest absolute Gasteiger partial charge is 0.304 e. The Bertz CT molecular complexity index is 286. The lowest BCUT2D eigenvalue weighted by molar-refractivity contribution is 0.131. The summed E-state index contributed by atoms with van der Waals surface area (Å²) >= 11 is 1.86. The summed E-state index contributed by atoms with van der Waals surface area (Å²) in [6.45, 7) is 8.93. The van der Waals surface area contributed by atoms with Crippen LogP contribution < -0.4 is 5.43 Å². The van der Waals surface area contributed by atoms with Crippen molar-refractivity contribution in [1.82, 2.24) is 15.3 Å². The predicted molar refractivity (Wildman–Crippen MR) is 75.4 cm³/mol. The molecule has 0 spiro atoms. The molecule has 0 aliphatic carbocycles. The van der Waals surface area contributed by atoms with E-state index in [2.05, 4.69) is 36.2 Å². The summed E-state index contributed by atoms with van der Waals surface area (Å²) in [6, 6.07) is 0. The molecule has 1 unspecified atom stereocenters. The van der Waals surface area contributed by atoms with Gasteiger partial charge in [-0.3, -0.25) is 10.4 Å². The Labute approximate surface area is 109 Å². The molecule has 2 aliphatic rings. The first-order chi connectivity index (χ1) is 8.11. The molecule has 2 rings (SSSR count). The van der Waals surface area contributed by atoms with Crippen molar-refractivity contribution in [3.8, 4) is 0 Å². The molecule has 0 bridgehead atoms. The summed E-state index contributed by atoms with van der Waals surface area (Å²) in [6.07, 6.45) is 2.32. The smallest absolute Gasteiger partial charge is 0.171 e. The maximum atomic E-state index is 4.86. The number of amidine groups is 1. The number of hydrogen-bond donors (Lipinski definition) is 1. The third kappa shape index (κ3) is 3.60. The fourth-order valence-electron chi connectivity index (χ4n) is 2.07. The van der Waals surface area contributed by atoms with Crippen LogP contribution in [0.25, 0.3) is 0 Å². The average Bonchev–Trinajstić information content (AvgIpc) is 2.32. The van der Waals surface area contributed by atoms with E-state index in [1.165, 1.54) is 12.2 Å². The summed E-state index contributed by atoms with van der Waals surface area (Å²) in [5.74, 6) is 1.18. The molecule has 1 N–H and O–H groups in total. The van der Waals surface area contributed by atoms with E-state index >= 15 is 0 Å². The zero-order valence-corrected chi connectivity index (χ0v) is 12.0. The van der Waals surface area contributed by atoms with Crippen LogP contribution in [-0.2, 0) is 0 Å². The van der Waals surface area contributed by atoms with Crippen molar-refractivity contribution >= 4 is 16.9 Å². The van der Waals surface area contributed by atoms with Crippen LogP contribution in [0.2, 0.25) is 0 Å². The Morgan fingerprint density at radius 1 is 1.35 bits per heavy atom. The minimum Gasteiger partial charge on any atom is -0.304 e. The first-order valence-corrected chi connectivity index (χ1v) is 7.53. The van der Waals surface area contributed by atoms with Gasteiger partial charge in [-0.25, -0.2) is 5.01 Å². The second kappa shape index (κ2) is 5.59. The number of aliphatic imine (C=N–C) groups is 1. The molecule has 2 heterocycles. The molecule has 5 heteroatoms. The zero-order chi connectivity index (χ0) is 12.3. The predicted octanol–water partition coefficient (Wildman–Crippen LogP) is 1.40. The van der Waals surface area contributed by atoms with Gasteiger partial charge in [0.05, 0.1) is 5.54 Å². The lowest BCUT2D eigenvalue weighted by atomic mass is 9.97. The van der Waals surface area contributed by atoms with Crippen molar-refractivity contribution in [3.05, 3.63) is 0 Å². The molecule has 0 aromatic heterocycles. The van der Waals surface area contributed by atoms with E-state index in [0.717, 1.165) is 37.8 Å². The third-order valence-electron chi connectivity index (χ3n) is 3.77. The molecule has 0 radical (unpaired) electrons. The lowest BCUT2D eigenvalue weighted by Crippen LogP contribution is -2.52. The van der Waals surface area contributed by atoms with Gasteiger partial charge in [-0.15, -0.1) is 0 Å². The number of nitrogens with zero attached hydrogens (tertiary/aromatic N) is 3. The van der Waals surface area contributed by atoms with Gasteiger partial charge >= 0.3 is 0 Å². The van der Waals surface area contributed by atoms with Gasteiger partial charge < -0.3 is 4.90 Å². The van der Waals surface area contributed by atoms with Crippen LogP contribution in [0.5, 0.6) is 0 Å². The number of rotatable bonds is 2. The molecule has 0 amide bonds. The van der Waals surface area contributed by atoms with Crippen LogP contribution >= 0.6 is 11.8 Å². The van der Waals surface area contributed by atoms with Gasteiger partial charge in [-0.2, -0.15) is 0 Å². The molecule has 1 atom stereocenters. The summed E-state index contributed by atoms with van der Waals surface area (Å²) in [4.78, 5) is 7.22. The molecule has 98 valence electrons. The highest BCUT2D eigenvalue weighted by molar-refractivity contribution is 8.13. The highest BCUT2D eigenvalue weighted by Crippen LogP contribution is 2.28. The van der Waals surface area contributed by atoms with Crippen molar-refractivity contribution < 1.29 is 0 Å². The topological polar surface area (TPSA) is 30.9 Å². The van der Waals surface area contributed by atoms with E-state index in [1.54, 1.807) is 0 Å². The molecule has 2 aliphatic heterocycles. The Kier molecular flexibility index (Phi) is 4.33. The molecule has 0 aromatic rings.